The number of rotatable bonds is 7. The average Bonchev–Trinajstić information content (AvgIpc) is 2.46. The zero-order valence-corrected chi connectivity index (χ0v) is 13.6. The van der Waals surface area contributed by atoms with Gasteiger partial charge in [-0.05, 0) is 26.0 Å². The lowest BCUT2D eigenvalue weighted by Gasteiger charge is -2.21. The van der Waals surface area contributed by atoms with E-state index in [0.717, 1.165) is 4.31 Å². The molecule has 1 amide bonds. The second-order valence-electron chi connectivity index (χ2n) is 5.54. The highest BCUT2D eigenvalue weighted by Gasteiger charge is 2.28. The van der Waals surface area contributed by atoms with E-state index in [9.17, 15) is 18.0 Å². The molecule has 2 N–H and O–H groups in total. The van der Waals surface area contributed by atoms with Crippen molar-refractivity contribution in [1.29, 1.82) is 0 Å². The highest BCUT2D eigenvalue weighted by Crippen LogP contribution is 2.14. The fourth-order valence-corrected chi connectivity index (χ4v) is 2.66. The minimum Gasteiger partial charge on any atom is -0.481 e. The molecule has 0 fully saturated rings. The molecule has 0 heterocycles. The number of nitrogens with zero attached hydrogens (tertiary/aromatic N) is 1. The van der Waals surface area contributed by atoms with E-state index in [-0.39, 0.29) is 18.0 Å². The Bertz CT molecular complexity index is 640. The molecule has 0 aliphatic carbocycles. The van der Waals surface area contributed by atoms with Crippen LogP contribution in [0.2, 0.25) is 0 Å². The van der Waals surface area contributed by atoms with Crippen LogP contribution in [0.5, 0.6) is 0 Å². The van der Waals surface area contributed by atoms with Gasteiger partial charge >= 0.3 is 5.97 Å². The van der Waals surface area contributed by atoms with Crippen molar-refractivity contribution < 1.29 is 23.1 Å². The molecule has 0 saturated carbocycles. The van der Waals surface area contributed by atoms with E-state index in [1.54, 1.807) is 18.2 Å². The Labute approximate surface area is 130 Å². The molecule has 0 spiro atoms. The molecule has 0 bridgehead atoms. The van der Waals surface area contributed by atoms with Crippen LogP contribution in [-0.2, 0) is 19.6 Å². The quantitative estimate of drug-likeness (QED) is 0.760. The fourth-order valence-electron chi connectivity index (χ4n) is 1.51. The SMILES string of the molecule is CN(CC(=O)NCC(C)(C)C(=O)O)S(=O)(=O)c1ccccc1. The van der Waals surface area contributed by atoms with Gasteiger partial charge in [0.1, 0.15) is 0 Å². The van der Waals surface area contributed by atoms with Crippen LogP contribution in [0.25, 0.3) is 0 Å². The number of benzene rings is 1. The van der Waals surface area contributed by atoms with Crippen LogP contribution in [0.15, 0.2) is 35.2 Å². The molecule has 122 valence electrons. The van der Waals surface area contributed by atoms with Gasteiger partial charge in [0.15, 0.2) is 0 Å². The molecular formula is C14H20N2O5S. The zero-order valence-electron chi connectivity index (χ0n) is 12.7. The topological polar surface area (TPSA) is 104 Å². The van der Waals surface area contributed by atoms with Gasteiger partial charge in [-0.15, -0.1) is 0 Å². The highest BCUT2D eigenvalue weighted by atomic mass is 32.2. The van der Waals surface area contributed by atoms with E-state index in [0.29, 0.717) is 0 Å². The van der Waals surface area contributed by atoms with Gasteiger partial charge < -0.3 is 10.4 Å². The Kier molecular flexibility index (Phi) is 5.67. The molecule has 8 heteroatoms. The minimum absolute atomic E-state index is 0.0829. The maximum Gasteiger partial charge on any atom is 0.310 e. The number of hydrogen-bond acceptors (Lipinski definition) is 4. The van der Waals surface area contributed by atoms with Crippen LogP contribution in [0.4, 0.5) is 0 Å². The summed E-state index contributed by atoms with van der Waals surface area (Å²) in [4.78, 5) is 22.8. The average molecular weight is 328 g/mol. The van der Waals surface area contributed by atoms with E-state index in [2.05, 4.69) is 5.32 Å². The predicted octanol–water partition coefficient (Wildman–Crippen LogP) is 0.534. The van der Waals surface area contributed by atoms with Gasteiger partial charge in [0.25, 0.3) is 0 Å². The number of likely N-dealkylation sites (N-methyl/N-ethyl adjacent to an activating group) is 1. The number of aliphatic carboxylic acids is 1. The first kappa shape index (κ1) is 18.1. The van der Waals surface area contributed by atoms with E-state index in [1.165, 1.54) is 33.0 Å². The lowest BCUT2D eigenvalue weighted by molar-refractivity contribution is -0.146. The van der Waals surface area contributed by atoms with Gasteiger partial charge in [0.05, 0.1) is 16.9 Å². The van der Waals surface area contributed by atoms with Gasteiger partial charge in [-0.25, -0.2) is 8.42 Å². The number of carbonyl (C=O) groups is 2. The lowest BCUT2D eigenvalue weighted by Crippen LogP contribution is -2.43. The number of carbonyl (C=O) groups excluding carboxylic acids is 1. The molecule has 0 aliphatic rings. The Morgan fingerprint density at radius 1 is 1.23 bits per heavy atom. The summed E-state index contributed by atoms with van der Waals surface area (Å²) in [6.07, 6.45) is 0. The van der Waals surface area contributed by atoms with Gasteiger partial charge in [-0.1, -0.05) is 18.2 Å². The minimum atomic E-state index is -3.75. The third-order valence-electron chi connectivity index (χ3n) is 3.12. The molecule has 1 aromatic rings. The van der Waals surface area contributed by atoms with Crippen molar-refractivity contribution in [2.75, 3.05) is 20.1 Å². The lowest BCUT2D eigenvalue weighted by atomic mass is 9.94. The molecular weight excluding hydrogens is 308 g/mol. The summed E-state index contributed by atoms with van der Waals surface area (Å²) in [5.74, 6) is -1.60. The Balaban J connectivity index is 2.67. The van der Waals surface area contributed by atoms with Crippen molar-refractivity contribution in [3.05, 3.63) is 30.3 Å². The largest absolute Gasteiger partial charge is 0.481 e. The third-order valence-corrected chi connectivity index (χ3v) is 4.94. The van der Waals surface area contributed by atoms with Crippen molar-refractivity contribution in [1.82, 2.24) is 9.62 Å². The first-order valence-corrected chi connectivity index (χ1v) is 8.03. The first-order valence-electron chi connectivity index (χ1n) is 6.59. The van der Waals surface area contributed by atoms with E-state index in [4.69, 9.17) is 5.11 Å². The highest BCUT2D eigenvalue weighted by molar-refractivity contribution is 7.89. The van der Waals surface area contributed by atoms with Crippen LogP contribution in [0.3, 0.4) is 0 Å². The number of sulfonamides is 1. The molecule has 1 rings (SSSR count). The molecule has 1 aromatic carbocycles. The van der Waals surface area contributed by atoms with Crippen molar-refractivity contribution in [3.63, 3.8) is 0 Å². The fraction of sp³-hybridized carbons (Fsp3) is 0.429. The van der Waals surface area contributed by atoms with Crippen molar-refractivity contribution in [3.8, 4) is 0 Å². The Morgan fingerprint density at radius 3 is 2.27 bits per heavy atom. The normalized spacial score (nSPS) is 12.2. The van der Waals surface area contributed by atoms with E-state index < -0.39 is 27.3 Å². The molecule has 7 nitrogen and oxygen atoms in total. The van der Waals surface area contributed by atoms with E-state index >= 15 is 0 Å². The number of hydrogen-bond donors (Lipinski definition) is 2. The predicted molar refractivity (Wildman–Crippen MR) is 80.7 cm³/mol. The summed E-state index contributed by atoms with van der Waals surface area (Å²) in [6, 6.07) is 7.76. The Morgan fingerprint density at radius 2 is 1.77 bits per heavy atom. The summed E-state index contributed by atoms with van der Waals surface area (Å²) >= 11 is 0. The summed E-state index contributed by atoms with van der Waals surface area (Å²) < 4.78 is 25.4. The molecule has 0 aromatic heterocycles. The van der Waals surface area contributed by atoms with Crippen molar-refractivity contribution in [2.24, 2.45) is 5.41 Å². The second kappa shape index (κ2) is 6.89. The van der Waals surface area contributed by atoms with Crippen LogP contribution < -0.4 is 5.32 Å². The second-order valence-corrected chi connectivity index (χ2v) is 7.58. The molecule has 0 aliphatic heterocycles. The maximum absolute atomic E-state index is 12.2. The van der Waals surface area contributed by atoms with Gasteiger partial charge in [0.2, 0.25) is 15.9 Å². The molecule has 0 unspecified atom stereocenters. The van der Waals surface area contributed by atoms with Crippen LogP contribution in [0, 0.1) is 5.41 Å². The Hall–Kier alpha value is -1.93. The standard InChI is InChI=1S/C14H20N2O5S/c1-14(2,13(18)19)10-15-12(17)9-16(3)22(20,21)11-7-5-4-6-8-11/h4-8H,9-10H2,1-3H3,(H,15,17)(H,18,19). The van der Waals surface area contributed by atoms with Gasteiger partial charge in [-0.3, -0.25) is 9.59 Å². The first-order chi connectivity index (χ1) is 10.1. The summed E-state index contributed by atoms with van der Waals surface area (Å²) in [5.41, 5.74) is -1.12. The summed E-state index contributed by atoms with van der Waals surface area (Å²) in [7, 11) is -2.45. The van der Waals surface area contributed by atoms with Gasteiger partial charge in [-0.2, -0.15) is 4.31 Å². The van der Waals surface area contributed by atoms with Crippen LogP contribution in [-0.4, -0.2) is 49.8 Å². The third kappa shape index (κ3) is 4.54. The van der Waals surface area contributed by atoms with Crippen LogP contribution in [0.1, 0.15) is 13.8 Å². The summed E-state index contributed by atoms with van der Waals surface area (Å²) in [6.45, 7) is 2.48. The smallest absolute Gasteiger partial charge is 0.310 e. The zero-order chi connectivity index (χ0) is 17.0. The number of amides is 1. The van der Waals surface area contributed by atoms with Crippen molar-refractivity contribution >= 4 is 21.9 Å². The number of carboxylic acids is 1. The van der Waals surface area contributed by atoms with Crippen LogP contribution >= 0.6 is 0 Å². The number of carboxylic acid groups (broad SMARTS) is 1. The molecule has 22 heavy (non-hydrogen) atoms. The van der Waals surface area contributed by atoms with Crippen molar-refractivity contribution in [2.45, 2.75) is 18.7 Å². The number of nitrogens with one attached hydrogen (secondary N) is 1. The summed E-state index contributed by atoms with van der Waals surface area (Å²) in [5, 5.41) is 11.4. The molecule has 0 radical (unpaired) electrons. The monoisotopic (exact) mass is 328 g/mol. The molecule has 0 saturated heterocycles. The van der Waals surface area contributed by atoms with Gasteiger partial charge in [0, 0.05) is 13.6 Å². The van der Waals surface area contributed by atoms with E-state index in [1.807, 2.05) is 0 Å². The molecule has 0 atom stereocenters. The maximum atomic E-state index is 12.2.